The number of nitrogens with one attached hydrogen (secondary N) is 1. The van der Waals surface area contributed by atoms with Gasteiger partial charge in [-0.2, -0.15) is 0 Å². The minimum absolute atomic E-state index is 0.425. The molecule has 0 aliphatic carbocycles. The minimum atomic E-state index is 0.425. The van der Waals surface area contributed by atoms with Gasteiger partial charge in [0.15, 0.2) is 0 Å². The Hall–Kier alpha value is -1.45. The lowest BCUT2D eigenvalue weighted by Gasteiger charge is -2.07. The van der Waals surface area contributed by atoms with Crippen molar-refractivity contribution in [3.05, 3.63) is 52.4 Å². The van der Waals surface area contributed by atoms with Crippen molar-refractivity contribution in [1.82, 2.24) is 5.32 Å². The van der Waals surface area contributed by atoms with Crippen LogP contribution in [0.3, 0.4) is 0 Å². The fourth-order valence-electron chi connectivity index (χ4n) is 1.87. The Morgan fingerprint density at radius 2 is 2.16 bits per heavy atom. The van der Waals surface area contributed by atoms with Gasteiger partial charge in [0, 0.05) is 17.1 Å². The van der Waals surface area contributed by atoms with E-state index >= 15 is 0 Å². The summed E-state index contributed by atoms with van der Waals surface area (Å²) in [6.07, 6.45) is 2.64. The standard InChI is InChI=1S/C15H18ClNO2/c1-3-12-7-13(4-5-15(12)16)19-10-14-6-11(8-17-2)9-18-14/h4-7,9,17H,3,8,10H2,1-2H3. The van der Waals surface area contributed by atoms with Crippen molar-refractivity contribution >= 4 is 11.6 Å². The van der Waals surface area contributed by atoms with Crippen molar-refractivity contribution in [2.24, 2.45) is 0 Å². The summed E-state index contributed by atoms with van der Waals surface area (Å²) in [7, 11) is 1.91. The van der Waals surface area contributed by atoms with Crippen LogP contribution in [-0.4, -0.2) is 7.05 Å². The molecule has 1 N–H and O–H groups in total. The van der Waals surface area contributed by atoms with E-state index in [0.717, 1.165) is 40.6 Å². The van der Waals surface area contributed by atoms with Crippen molar-refractivity contribution in [1.29, 1.82) is 0 Å². The molecule has 0 amide bonds. The number of benzene rings is 1. The number of hydrogen-bond donors (Lipinski definition) is 1. The van der Waals surface area contributed by atoms with Crippen LogP contribution >= 0.6 is 11.6 Å². The van der Waals surface area contributed by atoms with Gasteiger partial charge in [0.1, 0.15) is 18.1 Å². The van der Waals surface area contributed by atoms with Gasteiger partial charge in [0.05, 0.1) is 6.26 Å². The van der Waals surface area contributed by atoms with Crippen molar-refractivity contribution < 1.29 is 9.15 Å². The lowest BCUT2D eigenvalue weighted by Crippen LogP contribution is -2.03. The summed E-state index contributed by atoms with van der Waals surface area (Å²) >= 11 is 6.07. The monoisotopic (exact) mass is 279 g/mol. The van der Waals surface area contributed by atoms with E-state index in [0.29, 0.717) is 6.61 Å². The summed E-state index contributed by atoms with van der Waals surface area (Å²) in [5.41, 5.74) is 2.21. The Labute approximate surface area is 118 Å². The van der Waals surface area contributed by atoms with E-state index in [1.165, 1.54) is 0 Å². The number of ether oxygens (including phenoxy) is 1. The van der Waals surface area contributed by atoms with Crippen LogP contribution in [-0.2, 0) is 19.6 Å². The molecule has 0 bridgehead atoms. The van der Waals surface area contributed by atoms with Gasteiger partial charge < -0.3 is 14.5 Å². The molecular weight excluding hydrogens is 262 g/mol. The van der Waals surface area contributed by atoms with Crippen LogP contribution in [0, 0.1) is 0 Å². The maximum atomic E-state index is 6.07. The summed E-state index contributed by atoms with van der Waals surface area (Å²) in [6, 6.07) is 7.70. The van der Waals surface area contributed by atoms with Crippen LogP contribution in [0.1, 0.15) is 23.8 Å². The Kier molecular flexibility index (Phi) is 4.88. The summed E-state index contributed by atoms with van der Waals surface area (Å²) < 4.78 is 11.1. The smallest absolute Gasteiger partial charge is 0.146 e. The van der Waals surface area contributed by atoms with Crippen LogP contribution < -0.4 is 10.1 Å². The molecule has 102 valence electrons. The third-order valence-corrected chi connectivity index (χ3v) is 3.24. The van der Waals surface area contributed by atoms with Gasteiger partial charge in [-0.3, -0.25) is 0 Å². The first-order chi connectivity index (χ1) is 9.22. The first kappa shape index (κ1) is 14.0. The summed E-state index contributed by atoms with van der Waals surface area (Å²) in [5.74, 6) is 1.63. The molecule has 0 unspecified atom stereocenters. The second kappa shape index (κ2) is 6.64. The van der Waals surface area contributed by atoms with Gasteiger partial charge in [-0.25, -0.2) is 0 Å². The Bertz CT molecular complexity index is 537. The van der Waals surface area contributed by atoms with Crippen LogP contribution in [0.4, 0.5) is 0 Å². The zero-order valence-corrected chi connectivity index (χ0v) is 12.0. The number of halogens is 1. The highest BCUT2D eigenvalue weighted by atomic mass is 35.5. The quantitative estimate of drug-likeness (QED) is 0.873. The predicted molar refractivity (Wildman–Crippen MR) is 76.6 cm³/mol. The van der Waals surface area contributed by atoms with Gasteiger partial charge in [-0.05, 0) is 43.3 Å². The van der Waals surface area contributed by atoms with E-state index in [-0.39, 0.29) is 0 Å². The van der Waals surface area contributed by atoms with Gasteiger partial charge in [0.25, 0.3) is 0 Å². The lowest BCUT2D eigenvalue weighted by molar-refractivity contribution is 0.270. The van der Waals surface area contributed by atoms with E-state index in [9.17, 15) is 0 Å². The lowest BCUT2D eigenvalue weighted by atomic mass is 10.1. The van der Waals surface area contributed by atoms with Crippen molar-refractivity contribution in [2.45, 2.75) is 26.5 Å². The summed E-state index contributed by atoms with van der Waals surface area (Å²) in [4.78, 5) is 0. The fraction of sp³-hybridized carbons (Fsp3) is 0.333. The summed E-state index contributed by atoms with van der Waals surface area (Å²) in [5, 5.41) is 3.86. The number of furan rings is 1. The van der Waals surface area contributed by atoms with E-state index in [4.69, 9.17) is 20.8 Å². The third-order valence-electron chi connectivity index (χ3n) is 2.87. The topological polar surface area (TPSA) is 34.4 Å². The molecule has 1 heterocycles. The molecule has 0 aliphatic rings. The van der Waals surface area contributed by atoms with Crippen LogP contribution in [0.5, 0.6) is 5.75 Å². The molecule has 4 heteroatoms. The van der Waals surface area contributed by atoms with E-state index in [1.54, 1.807) is 6.26 Å². The van der Waals surface area contributed by atoms with Crippen LogP contribution in [0.15, 0.2) is 34.9 Å². The van der Waals surface area contributed by atoms with E-state index < -0.39 is 0 Å². The molecule has 0 spiro atoms. The highest BCUT2D eigenvalue weighted by Gasteiger charge is 2.04. The second-order valence-electron chi connectivity index (χ2n) is 4.35. The fourth-order valence-corrected chi connectivity index (χ4v) is 2.12. The Balaban J connectivity index is 1.97. The van der Waals surface area contributed by atoms with Crippen molar-refractivity contribution in [3.63, 3.8) is 0 Å². The number of aryl methyl sites for hydroxylation is 1. The second-order valence-corrected chi connectivity index (χ2v) is 4.75. The zero-order valence-electron chi connectivity index (χ0n) is 11.2. The molecule has 19 heavy (non-hydrogen) atoms. The SMILES string of the molecule is CCc1cc(OCc2cc(CNC)co2)ccc1Cl. The zero-order chi connectivity index (χ0) is 13.7. The Morgan fingerprint density at radius 1 is 1.32 bits per heavy atom. The van der Waals surface area contributed by atoms with Gasteiger partial charge in [-0.1, -0.05) is 18.5 Å². The molecule has 0 aliphatic heterocycles. The number of rotatable bonds is 6. The molecule has 0 atom stereocenters. The number of hydrogen-bond acceptors (Lipinski definition) is 3. The highest BCUT2D eigenvalue weighted by Crippen LogP contribution is 2.23. The molecule has 0 saturated carbocycles. The Morgan fingerprint density at radius 3 is 2.89 bits per heavy atom. The van der Waals surface area contributed by atoms with Crippen LogP contribution in [0.25, 0.3) is 0 Å². The third kappa shape index (κ3) is 3.75. The molecule has 2 rings (SSSR count). The molecular formula is C15H18ClNO2. The normalized spacial score (nSPS) is 10.7. The first-order valence-corrected chi connectivity index (χ1v) is 6.72. The molecule has 0 saturated heterocycles. The van der Waals surface area contributed by atoms with Crippen molar-refractivity contribution in [3.8, 4) is 5.75 Å². The maximum Gasteiger partial charge on any atom is 0.146 e. The molecule has 1 aromatic carbocycles. The minimum Gasteiger partial charge on any atom is -0.486 e. The highest BCUT2D eigenvalue weighted by molar-refractivity contribution is 6.31. The largest absolute Gasteiger partial charge is 0.486 e. The van der Waals surface area contributed by atoms with E-state index in [2.05, 4.69) is 12.2 Å². The van der Waals surface area contributed by atoms with Crippen LogP contribution in [0.2, 0.25) is 5.02 Å². The van der Waals surface area contributed by atoms with Gasteiger partial charge in [-0.15, -0.1) is 0 Å². The molecule has 2 aromatic rings. The first-order valence-electron chi connectivity index (χ1n) is 6.35. The molecule has 3 nitrogen and oxygen atoms in total. The van der Waals surface area contributed by atoms with Crippen molar-refractivity contribution in [2.75, 3.05) is 7.05 Å². The van der Waals surface area contributed by atoms with Gasteiger partial charge in [0.2, 0.25) is 0 Å². The average molecular weight is 280 g/mol. The summed E-state index contributed by atoms with van der Waals surface area (Å²) in [6.45, 7) is 3.29. The molecule has 0 fully saturated rings. The predicted octanol–water partition coefficient (Wildman–Crippen LogP) is 3.79. The van der Waals surface area contributed by atoms with E-state index in [1.807, 2.05) is 31.3 Å². The maximum absolute atomic E-state index is 6.07. The molecule has 1 aromatic heterocycles. The average Bonchev–Trinajstić information content (AvgIpc) is 2.86. The van der Waals surface area contributed by atoms with Gasteiger partial charge >= 0.3 is 0 Å². The molecule has 0 radical (unpaired) electrons.